The van der Waals surface area contributed by atoms with E-state index in [-0.39, 0.29) is 38.7 Å². The van der Waals surface area contributed by atoms with Crippen molar-refractivity contribution in [2.24, 2.45) is 0 Å². The van der Waals surface area contributed by atoms with E-state index in [0.29, 0.717) is 0 Å². The molecule has 0 spiro atoms. The van der Waals surface area contributed by atoms with E-state index in [1.165, 1.54) is 18.2 Å². The lowest BCUT2D eigenvalue weighted by Crippen LogP contribution is -2.16. The highest BCUT2D eigenvalue weighted by Crippen LogP contribution is 2.28. The highest BCUT2D eigenvalue weighted by molar-refractivity contribution is 6.34. The molecular formula is C24H17ClN4O10. The van der Waals surface area contributed by atoms with E-state index in [0.717, 1.165) is 50.6 Å². The summed E-state index contributed by atoms with van der Waals surface area (Å²) in [7, 11) is 2.15. The maximum atomic E-state index is 12.9. The van der Waals surface area contributed by atoms with Gasteiger partial charge in [0.15, 0.2) is 0 Å². The van der Waals surface area contributed by atoms with Crippen LogP contribution in [0.25, 0.3) is 0 Å². The van der Waals surface area contributed by atoms with Gasteiger partial charge in [0.2, 0.25) is 0 Å². The summed E-state index contributed by atoms with van der Waals surface area (Å²) in [5, 5.41) is 27.4. The number of amides is 2. The predicted molar refractivity (Wildman–Crippen MR) is 136 cm³/mol. The van der Waals surface area contributed by atoms with E-state index in [9.17, 15) is 39.4 Å². The second-order valence-electron chi connectivity index (χ2n) is 7.64. The fourth-order valence-corrected chi connectivity index (χ4v) is 3.43. The number of benzene rings is 3. The summed E-state index contributed by atoms with van der Waals surface area (Å²) in [5.74, 6) is -3.48. The van der Waals surface area contributed by atoms with Gasteiger partial charge in [-0.1, -0.05) is 11.6 Å². The predicted octanol–water partition coefficient (Wildman–Crippen LogP) is 4.23. The number of esters is 2. The third-order valence-electron chi connectivity index (χ3n) is 5.10. The molecule has 0 radical (unpaired) electrons. The molecule has 0 unspecified atom stereocenters. The lowest BCUT2D eigenvalue weighted by molar-refractivity contribution is -0.385. The van der Waals surface area contributed by atoms with Crippen LogP contribution in [0.1, 0.15) is 41.4 Å². The Kier molecular flexibility index (Phi) is 8.52. The van der Waals surface area contributed by atoms with Crippen LogP contribution in [0, 0.1) is 20.2 Å². The number of carbonyl (C=O) groups excluding carboxylic acids is 4. The Hall–Kier alpha value is -5.37. The summed E-state index contributed by atoms with van der Waals surface area (Å²) in [6.07, 6.45) is 0. The number of non-ortho nitro benzene ring substituents is 2. The molecule has 0 heterocycles. The van der Waals surface area contributed by atoms with Crippen molar-refractivity contribution in [3.8, 4) is 0 Å². The zero-order valence-corrected chi connectivity index (χ0v) is 20.8. The fourth-order valence-electron chi connectivity index (χ4n) is 3.26. The molecule has 0 fully saturated rings. The van der Waals surface area contributed by atoms with Gasteiger partial charge in [0.25, 0.3) is 23.2 Å². The van der Waals surface area contributed by atoms with E-state index in [4.69, 9.17) is 11.6 Å². The second-order valence-corrected chi connectivity index (χ2v) is 8.04. The molecule has 3 rings (SSSR count). The van der Waals surface area contributed by atoms with Crippen LogP contribution >= 0.6 is 11.6 Å². The molecule has 0 aliphatic carbocycles. The van der Waals surface area contributed by atoms with Gasteiger partial charge in [0.1, 0.15) is 0 Å². The first-order chi connectivity index (χ1) is 18.4. The number of nitro groups is 2. The number of hydrogen-bond donors (Lipinski definition) is 2. The van der Waals surface area contributed by atoms with E-state index >= 15 is 0 Å². The molecule has 14 nitrogen and oxygen atoms in total. The molecule has 15 heteroatoms. The fraction of sp³-hybridized carbons (Fsp3) is 0.0833. The first kappa shape index (κ1) is 28.2. The third kappa shape index (κ3) is 6.69. The van der Waals surface area contributed by atoms with Crippen LogP contribution in [-0.4, -0.2) is 47.8 Å². The maximum absolute atomic E-state index is 12.9. The van der Waals surface area contributed by atoms with Gasteiger partial charge in [-0.25, -0.2) is 9.59 Å². The molecule has 0 saturated heterocycles. The van der Waals surface area contributed by atoms with E-state index in [1.54, 1.807) is 0 Å². The average Bonchev–Trinajstić information content (AvgIpc) is 2.93. The first-order valence-corrected chi connectivity index (χ1v) is 11.0. The molecule has 0 aliphatic rings. The number of anilines is 2. The highest BCUT2D eigenvalue weighted by Gasteiger charge is 2.21. The Morgan fingerprint density at radius 2 is 1.13 bits per heavy atom. The van der Waals surface area contributed by atoms with Crippen LogP contribution in [0.2, 0.25) is 5.02 Å². The summed E-state index contributed by atoms with van der Waals surface area (Å²) in [4.78, 5) is 70.3. The van der Waals surface area contributed by atoms with Crippen LogP contribution in [0.15, 0.2) is 54.6 Å². The minimum Gasteiger partial charge on any atom is -0.465 e. The molecule has 3 aromatic rings. The van der Waals surface area contributed by atoms with Crippen molar-refractivity contribution in [3.63, 3.8) is 0 Å². The minimum absolute atomic E-state index is 0.0140. The lowest BCUT2D eigenvalue weighted by Gasteiger charge is -2.12. The Morgan fingerprint density at radius 1 is 0.692 bits per heavy atom. The zero-order valence-electron chi connectivity index (χ0n) is 20.1. The van der Waals surface area contributed by atoms with Crippen molar-refractivity contribution in [1.82, 2.24) is 0 Å². The Bertz CT molecular complexity index is 1540. The zero-order chi connectivity index (χ0) is 28.9. The molecule has 0 bridgehead atoms. The largest absolute Gasteiger partial charge is 0.465 e. The average molecular weight is 557 g/mol. The topological polar surface area (TPSA) is 197 Å². The maximum Gasteiger partial charge on any atom is 0.338 e. The summed E-state index contributed by atoms with van der Waals surface area (Å²) in [5.41, 5.74) is -1.88. The van der Waals surface area contributed by atoms with Gasteiger partial charge in [-0.2, -0.15) is 0 Å². The van der Waals surface area contributed by atoms with E-state index < -0.39 is 45.0 Å². The lowest BCUT2D eigenvalue weighted by atomic mass is 10.1. The van der Waals surface area contributed by atoms with Crippen molar-refractivity contribution < 1.29 is 38.5 Å². The van der Waals surface area contributed by atoms with Crippen molar-refractivity contribution >= 4 is 58.1 Å². The first-order valence-electron chi connectivity index (χ1n) is 10.6. The molecule has 39 heavy (non-hydrogen) atoms. The van der Waals surface area contributed by atoms with Gasteiger partial charge in [-0.15, -0.1) is 0 Å². The minimum atomic E-state index is -0.896. The summed E-state index contributed by atoms with van der Waals surface area (Å²) in [6, 6.07) is 9.97. The van der Waals surface area contributed by atoms with Gasteiger partial charge >= 0.3 is 11.9 Å². The SMILES string of the molecule is COC(=O)c1cc(C(=O)Nc2ccc(Cl)c(NC(=O)c3cc(C(=O)OC)cc([N+](=O)[O-])c3)c2)cc([N+](=O)[O-])c1. The van der Waals surface area contributed by atoms with Gasteiger partial charge in [0, 0.05) is 41.1 Å². The van der Waals surface area contributed by atoms with Crippen LogP contribution in [0.5, 0.6) is 0 Å². The quantitative estimate of drug-likeness (QED) is 0.230. The number of carbonyl (C=O) groups is 4. The Balaban J connectivity index is 1.89. The smallest absolute Gasteiger partial charge is 0.338 e. The third-order valence-corrected chi connectivity index (χ3v) is 5.43. The number of methoxy groups -OCH3 is 2. The number of nitro benzene ring substituents is 2. The normalized spacial score (nSPS) is 10.2. The standard InChI is InChI=1S/C24H17ClN4O10/c1-38-23(32)14-5-12(7-17(9-14)28(34)35)21(30)26-16-3-4-19(25)20(11-16)27-22(31)13-6-15(24(33)39-2)10-18(8-13)29(36)37/h3-11H,1-2H3,(H,26,30)(H,27,31). The van der Waals surface area contributed by atoms with E-state index in [2.05, 4.69) is 20.1 Å². The summed E-state index contributed by atoms with van der Waals surface area (Å²) in [6.45, 7) is 0. The Morgan fingerprint density at radius 3 is 1.56 bits per heavy atom. The van der Waals surface area contributed by atoms with Crippen molar-refractivity contribution in [3.05, 3.63) is 102 Å². The number of halogens is 1. The molecule has 2 amide bonds. The van der Waals surface area contributed by atoms with E-state index in [1.807, 2.05) is 0 Å². The molecule has 2 N–H and O–H groups in total. The highest BCUT2D eigenvalue weighted by atomic mass is 35.5. The number of nitrogens with zero attached hydrogens (tertiary/aromatic N) is 2. The second kappa shape index (κ2) is 11.8. The van der Waals surface area contributed by atoms with Crippen LogP contribution in [0.3, 0.4) is 0 Å². The van der Waals surface area contributed by atoms with Crippen LogP contribution in [-0.2, 0) is 9.47 Å². The monoisotopic (exact) mass is 556 g/mol. The number of nitrogens with one attached hydrogen (secondary N) is 2. The van der Waals surface area contributed by atoms with Crippen LogP contribution < -0.4 is 10.6 Å². The molecule has 200 valence electrons. The summed E-state index contributed by atoms with van der Waals surface area (Å²) < 4.78 is 9.12. The molecule has 0 aromatic heterocycles. The van der Waals surface area contributed by atoms with Gasteiger partial charge in [0.05, 0.1) is 45.9 Å². The summed E-state index contributed by atoms with van der Waals surface area (Å²) >= 11 is 6.16. The van der Waals surface area contributed by atoms with Crippen molar-refractivity contribution in [2.45, 2.75) is 0 Å². The molecule has 0 atom stereocenters. The van der Waals surface area contributed by atoms with Crippen LogP contribution in [0.4, 0.5) is 22.7 Å². The van der Waals surface area contributed by atoms with Crippen molar-refractivity contribution in [1.29, 1.82) is 0 Å². The molecule has 0 saturated carbocycles. The molecular weight excluding hydrogens is 540 g/mol. The number of ether oxygens (including phenoxy) is 2. The van der Waals surface area contributed by atoms with Gasteiger partial charge in [-0.3, -0.25) is 29.8 Å². The molecule has 3 aromatic carbocycles. The van der Waals surface area contributed by atoms with Crippen molar-refractivity contribution in [2.75, 3.05) is 24.9 Å². The van der Waals surface area contributed by atoms with Gasteiger partial charge in [-0.05, 0) is 30.3 Å². The molecule has 0 aliphatic heterocycles. The Labute approximate surface area is 223 Å². The van der Waals surface area contributed by atoms with Gasteiger partial charge < -0.3 is 20.1 Å². The number of rotatable bonds is 8. The number of hydrogen-bond acceptors (Lipinski definition) is 10.